The molecule has 1 amide bonds. The first-order valence-electron chi connectivity index (χ1n) is 8.47. The molecule has 3 nitrogen and oxygen atoms in total. The molecular weight excluding hydrogens is 359 g/mol. The first-order chi connectivity index (χ1) is 11.1. The Kier molecular flexibility index (Phi) is 7.50. The lowest BCUT2D eigenvalue weighted by molar-refractivity contribution is -0.122. The van der Waals surface area contributed by atoms with Crippen LogP contribution in [0.1, 0.15) is 38.2 Å². The van der Waals surface area contributed by atoms with Gasteiger partial charge in [0.25, 0.3) is 0 Å². The molecule has 0 bridgehead atoms. The number of hydrogen-bond donors (Lipinski definition) is 2. The Labute approximate surface area is 146 Å². The zero-order valence-corrected chi connectivity index (χ0v) is 15.3. The fourth-order valence-corrected chi connectivity index (χ4v) is 3.46. The summed E-state index contributed by atoms with van der Waals surface area (Å²) in [5.41, 5.74) is 0.698. The van der Waals surface area contributed by atoms with Gasteiger partial charge in [-0.15, -0.1) is 0 Å². The summed E-state index contributed by atoms with van der Waals surface area (Å²) < 4.78 is 14.4. The van der Waals surface area contributed by atoms with Gasteiger partial charge in [-0.05, 0) is 68.3 Å². The van der Waals surface area contributed by atoms with Crippen molar-refractivity contribution in [3.8, 4) is 0 Å². The first-order valence-corrected chi connectivity index (χ1v) is 9.27. The van der Waals surface area contributed by atoms with Gasteiger partial charge in [0.2, 0.25) is 5.91 Å². The minimum Gasteiger partial charge on any atom is -0.356 e. The highest BCUT2D eigenvalue weighted by Gasteiger charge is 2.21. The highest BCUT2D eigenvalue weighted by molar-refractivity contribution is 9.10. The van der Waals surface area contributed by atoms with Gasteiger partial charge in [0.05, 0.1) is 0 Å². The highest BCUT2D eigenvalue weighted by Crippen LogP contribution is 2.22. The van der Waals surface area contributed by atoms with E-state index < -0.39 is 0 Å². The van der Waals surface area contributed by atoms with Crippen LogP contribution in [-0.2, 0) is 11.2 Å². The number of amides is 1. The van der Waals surface area contributed by atoms with Gasteiger partial charge in [-0.2, -0.15) is 0 Å². The Morgan fingerprint density at radius 2 is 2.35 bits per heavy atom. The topological polar surface area (TPSA) is 41.1 Å². The smallest absolute Gasteiger partial charge is 0.220 e. The lowest BCUT2D eigenvalue weighted by Crippen LogP contribution is -2.35. The zero-order valence-electron chi connectivity index (χ0n) is 13.7. The molecule has 1 fully saturated rings. The molecule has 0 aliphatic carbocycles. The number of carbonyl (C=O) groups excluding carboxylic acids is 1. The number of carbonyl (C=O) groups is 1. The first kappa shape index (κ1) is 18.4. The van der Waals surface area contributed by atoms with Crippen LogP contribution in [0.5, 0.6) is 0 Å². The molecule has 0 radical (unpaired) electrons. The summed E-state index contributed by atoms with van der Waals surface area (Å²) in [7, 11) is 0. The number of rotatable bonds is 7. The summed E-state index contributed by atoms with van der Waals surface area (Å²) in [5, 5.41) is 6.36. The van der Waals surface area contributed by atoms with Gasteiger partial charge in [0, 0.05) is 17.4 Å². The molecule has 2 rings (SSSR count). The normalized spacial score (nSPS) is 19.3. The average Bonchev–Trinajstić information content (AvgIpc) is 2.54. The molecular formula is C18H26BrFN2O. The third-order valence-electron chi connectivity index (χ3n) is 4.61. The lowest BCUT2D eigenvalue weighted by atomic mass is 9.85. The largest absolute Gasteiger partial charge is 0.356 e. The summed E-state index contributed by atoms with van der Waals surface area (Å²) in [6.07, 6.45) is 4.39. The van der Waals surface area contributed by atoms with Crippen molar-refractivity contribution in [3.63, 3.8) is 0 Å². The Hall–Kier alpha value is -0.940. The van der Waals surface area contributed by atoms with Gasteiger partial charge < -0.3 is 10.6 Å². The maximum absolute atomic E-state index is 13.7. The van der Waals surface area contributed by atoms with E-state index in [-0.39, 0.29) is 11.7 Å². The maximum atomic E-state index is 13.7. The fourth-order valence-electron chi connectivity index (χ4n) is 3.13. The quantitative estimate of drug-likeness (QED) is 0.704. The number of halogens is 2. The Morgan fingerprint density at radius 1 is 1.52 bits per heavy atom. The van der Waals surface area contributed by atoms with E-state index in [2.05, 4.69) is 33.5 Å². The van der Waals surface area contributed by atoms with Gasteiger partial charge in [0.1, 0.15) is 5.82 Å². The third-order valence-corrected chi connectivity index (χ3v) is 5.10. The van der Waals surface area contributed by atoms with E-state index >= 15 is 0 Å². The maximum Gasteiger partial charge on any atom is 0.220 e. The van der Waals surface area contributed by atoms with Crippen LogP contribution in [-0.4, -0.2) is 25.5 Å². The molecule has 1 aromatic carbocycles. The van der Waals surface area contributed by atoms with Gasteiger partial charge in [-0.1, -0.05) is 28.9 Å². The van der Waals surface area contributed by atoms with E-state index in [0.29, 0.717) is 36.8 Å². The predicted molar refractivity (Wildman–Crippen MR) is 94.8 cm³/mol. The molecule has 0 aromatic heterocycles. The SMILES string of the molecule is CC(CC(=O)NCCCc1ccc(Br)cc1F)C1CCCNC1. The summed E-state index contributed by atoms with van der Waals surface area (Å²) in [6.45, 7) is 4.89. The van der Waals surface area contributed by atoms with Crippen molar-refractivity contribution < 1.29 is 9.18 Å². The summed E-state index contributed by atoms with van der Waals surface area (Å²) in [5.74, 6) is 0.932. The molecule has 0 saturated carbocycles. The molecule has 128 valence electrons. The van der Waals surface area contributed by atoms with Gasteiger partial charge >= 0.3 is 0 Å². The van der Waals surface area contributed by atoms with E-state index in [1.54, 1.807) is 6.07 Å². The number of aryl methyl sites for hydroxylation is 1. The van der Waals surface area contributed by atoms with Crippen LogP contribution in [0.15, 0.2) is 22.7 Å². The number of piperidine rings is 1. The van der Waals surface area contributed by atoms with Crippen LogP contribution < -0.4 is 10.6 Å². The second-order valence-electron chi connectivity index (χ2n) is 6.48. The highest BCUT2D eigenvalue weighted by atomic mass is 79.9. The number of benzene rings is 1. The van der Waals surface area contributed by atoms with E-state index in [0.717, 1.165) is 24.0 Å². The summed E-state index contributed by atoms with van der Waals surface area (Å²) in [4.78, 5) is 12.0. The number of hydrogen-bond acceptors (Lipinski definition) is 2. The van der Waals surface area contributed by atoms with Gasteiger partial charge in [-0.3, -0.25) is 4.79 Å². The molecule has 2 atom stereocenters. The molecule has 1 saturated heterocycles. The van der Waals surface area contributed by atoms with Crippen LogP contribution >= 0.6 is 15.9 Å². The van der Waals surface area contributed by atoms with E-state index in [4.69, 9.17) is 0 Å². The monoisotopic (exact) mass is 384 g/mol. The molecule has 0 spiro atoms. The van der Waals surface area contributed by atoms with Gasteiger partial charge in [-0.25, -0.2) is 4.39 Å². The lowest BCUT2D eigenvalue weighted by Gasteiger charge is -2.28. The minimum atomic E-state index is -0.191. The van der Waals surface area contributed by atoms with E-state index in [9.17, 15) is 9.18 Å². The van der Waals surface area contributed by atoms with Crippen LogP contribution in [0.25, 0.3) is 0 Å². The second kappa shape index (κ2) is 9.38. The molecule has 1 heterocycles. The molecule has 5 heteroatoms. The Bertz CT molecular complexity index is 518. The molecule has 2 N–H and O–H groups in total. The minimum absolute atomic E-state index is 0.111. The Morgan fingerprint density at radius 3 is 3.04 bits per heavy atom. The molecule has 1 aromatic rings. The second-order valence-corrected chi connectivity index (χ2v) is 7.39. The van der Waals surface area contributed by atoms with Crippen LogP contribution in [0, 0.1) is 17.7 Å². The van der Waals surface area contributed by atoms with Crippen molar-refractivity contribution in [1.82, 2.24) is 10.6 Å². The predicted octanol–water partition coefficient (Wildman–Crippen LogP) is 3.66. The van der Waals surface area contributed by atoms with Crippen molar-refractivity contribution in [1.29, 1.82) is 0 Å². The van der Waals surface area contributed by atoms with Crippen molar-refractivity contribution in [2.75, 3.05) is 19.6 Å². The van der Waals surface area contributed by atoms with Gasteiger partial charge in [0.15, 0.2) is 0 Å². The van der Waals surface area contributed by atoms with E-state index in [1.807, 2.05) is 6.07 Å². The zero-order chi connectivity index (χ0) is 16.7. The number of nitrogens with one attached hydrogen (secondary N) is 2. The fraction of sp³-hybridized carbons (Fsp3) is 0.611. The molecule has 1 aliphatic heterocycles. The van der Waals surface area contributed by atoms with E-state index in [1.165, 1.54) is 18.9 Å². The summed E-state index contributed by atoms with van der Waals surface area (Å²) in [6, 6.07) is 5.12. The van der Waals surface area contributed by atoms with Crippen LogP contribution in [0.3, 0.4) is 0 Å². The van der Waals surface area contributed by atoms with Crippen LogP contribution in [0.2, 0.25) is 0 Å². The summed E-state index contributed by atoms with van der Waals surface area (Å²) >= 11 is 3.25. The molecule has 2 unspecified atom stereocenters. The Balaban J connectivity index is 1.64. The van der Waals surface area contributed by atoms with Crippen LogP contribution in [0.4, 0.5) is 4.39 Å². The van der Waals surface area contributed by atoms with Crippen molar-refractivity contribution >= 4 is 21.8 Å². The molecule has 1 aliphatic rings. The van der Waals surface area contributed by atoms with Crippen molar-refractivity contribution in [3.05, 3.63) is 34.1 Å². The molecule has 23 heavy (non-hydrogen) atoms. The average molecular weight is 385 g/mol. The van der Waals surface area contributed by atoms with Crippen molar-refractivity contribution in [2.24, 2.45) is 11.8 Å². The standard InChI is InChI=1S/C18H26BrFN2O/c1-13(15-5-2-8-21-12-15)10-18(23)22-9-3-4-14-6-7-16(19)11-17(14)20/h6-7,11,13,15,21H,2-5,8-10,12H2,1H3,(H,22,23). The third kappa shape index (κ3) is 6.22. The van der Waals surface area contributed by atoms with Crippen molar-refractivity contribution in [2.45, 2.75) is 39.0 Å².